The van der Waals surface area contributed by atoms with Gasteiger partial charge in [-0.25, -0.2) is 4.79 Å². The van der Waals surface area contributed by atoms with E-state index in [0.29, 0.717) is 16.5 Å². The molecule has 1 aromatic rings. The molecule has 15 heavy (non-hydrogen) atoms. The van der Waals surface area contributed by atoms with Crippen LogP contribution in [0.2, 0.25) is 0 Å². The minimum absolute atomic E-state index is 0.320. The molecule has 1 aliphatic carbocycles. The summed E-state index contributed by atoms with van der Waals surface area (Å²) in [4.78, 5) is 12.0. The first kappa shape index (κ1) is 10.8. The summed E-state index contributed by atoms with van der Waals surface area (Å²) in [6.45, 7) is 0. The Hall–Kier alpha value is -0.680. The fourth-order valence-electron chi connectivity index (χ4n) is 1.59. The van der Waals surface area contributed by atoms with E-state index in [1.807, 2.05) is 6.26 Å². The number of nitrogens with two attached hydrogens (primary N) is 1. The van der Waals surface area contributed by atoms with Crippen LogP contribution >= 0.6 is 23.1 Å². The van der Waals surface area contributed by atoms with Gasteiger partial charge in [0.1, 0.15) is 4.88 Å². The maximum Gasteiger partial charge on any atom is 0.350 e. The van der Waals surface area contributed by atoms with Crippen molar-refractivity contribution in [2.24, 2.45) is 0 Å². The van der Waals surface area contributed by atoms with E-state index in [1.165, 1.54) is 36.9 Å². The summed E-state index contributed by atoms with van der Waals surface area (Å²) in [5, 5.41) is 0. The van der Waals surface area contributed by atoms with Gasteiger partial charge in [0.2, 0.25) is 0 Å². The van der Waals surface area contributed by atoms with Gasteiger partial charge in [-0.2, -0.15) is 0 Å². The van der Waals surface area contributed by atoms with Gasteiger partial charge in [-0.05, 0) is 25.0 Å². The maximum atomic E-state index is 11.5. The highest BCUT2D eigenvalue weighted by Crippen LogP contribution is 2.51. The van der Waals surface area contributed by atoms with Crippen LogP contribution in [0.1, 0.15) is 34.0 Å². The SMILES string of the molecule is COC(=O)c1sc(SC)c(C2CC2)c1N. The number of esters is 1. The minimum atomic E-state index is -0.320. The fraction of sp³-hybridized carbons (Fsp3) is 0.500. The predicted octanol–water partition coefficient (Wildman–Crippen LogP) is 2.72. The molecule has 3 nitrogen and oxygen atoms in total. The summed E-state index contributed by atoms with van der Waals surface area (Å²) in [5.74, 6) is 0.252. The number of methoxy groups -OCH3 is 1. The number of carbonyl (C=O) groups excluding carboxylic acids is 1. The molecule has 0 saturated heterocycles. The van der Waals surface area contributed by atoms with E-state index in [9.17, 15) is 4.79 Å². The van der Waals surface area contributed by atoms with Crippen molar-refractivity contribution < 1.29 is 9.53 Å². The summed E-state index contributed by atoms with van der Waals surface area (Å²) in [7, 11) is 1.39. The molecule has 1 saturated carbocycles. The summed E-state index contributed by atoms with van der Waals surface area (Å²) < 4.78 is 5.87. The lowest BCUT2D eigenvalue weighted by atomic mass is 10.2. The maximum absolute atomic E-state index is 11.5. The third-order valence-electron chi connectivity index (χ3n) is 2.49. The van der Waals surface area contributed by atoms with E-state index in [2.05, 4.69) is 0 Å². The van der Waals surface area contributed by atoms with Gasteiger partial charge in [0.25, 0.3) is 0 Å². The van der Waals surface area contributed by atoms with E-state index in [1.54, 1.807) is 11.8 Å². The van der Waals surface area contributed by atoms with Crippen molar-refractivity contribution in [3.63, 3.8) is 0 Å². The second-order valence-corrected chi connectivity index (χ2v) is 5.61. The van der Waals surface area contributed by atoms with Gasteiger partial charge in [-0.1, -0.05) is 0 Å². The lowest BCUT2D eigenvalue weighted by molar-refractivity contribution is 0.0607. The molecule has 0 amide bonds. The molecular formula is C10H13NO2S2. The molecule has 1 heterocycles. The minimum Gasteiger partial charge on any atom is -0.465 e. The average molecular weight is 243 g/mol. The van der Waals surface area contributed by atoms with E-state index in [0.717, 1.165) is 4.21 Å². The number of thiophene rings is 1. The van der Waals surface area contributed by atoms with Gasteiger partial charge in [-0.3, -0.25) is 0 Å². The molecule has 1 fully saturated rings. The molecule has 0 radical (unpaired) electrons. The van der Waals surface area contributed by atoms with Crippen LogP contribution in [-0.4, -0.2) is 19.3 Å². The highest BCUT2D eigenvalue weighted by Gasteiger charge is 2.32. The molecule has 5 heteroatoms. The van der Waals surface area contributed by atoms with E-state index < -0.39 is 0 Å². The Morgan fingerprint density at radius 3 is 2.73 bits per heavy atom. The Morgan fingerprint density at radius 1 is 1.60 bits per heavy atom. The molecule has 1 aliphatic rings. The molecular weight excluding hydrogens is 230 g/mol. The second-order valence-electron chi connectivity index (χ2n) is 3.52. The van der Waals surface area contributed by atoms with E-state index >= 15 is 0 Å². The summed E-state index contributed by atoms with van der Waals surface area (Å²) in [6, 6.07) is 0. The number of thioether (sulfide) groups is 1. The summed E-state index contributed by atoms with van der Waals surface area (Å²) in [5.41, 5.74) is 7.81. The molecule has 1 aromatic heterocycles. The van der Waals surface area contributed by atoms with Gasteiger partial charge in [-0.15, -0.1) is 23.1 Å². The Balaban J connectivity index is 2.44. The van der Waals surface area contributed by atoms with Crippen molar-refractivity contribution >= 4 is 34.8 Å². The first-order valence-electron chi connectivity index (χ1n) is 4.73. The first-order chi connectivity index (χ1) is 7.19. The van der Waals surface area contributed by atoms with Crippen molar-refractivity contribution in [1.29, 1.82) is 0 Å². The lowest BCUT2D eigenvalue weighted by Gasteiger charge is -2.00. The fourth-order valence-corrected chi connectivity index (χ4v) is 3.63. The average Bonchev–Trinajstić information content (AvgIpc) is 3.02. The van der Waals surface area contributed by atoms with Crippen molar-refractivity contribution in [3.8, 4) is 0 Å². The predicted molar refractivity (Wildman–Crippen MR) is 63.8 cm³/mol. The van der Waals surface area contributed by atoms with Crippen LogP contribution in [0.3, 0.4) is 0 Å². The standard InChI is InChI=1S/C10H13NO2S2/c1-13-9(12)8-7(11)6(5-3-4-5)10(14-2)15-8/h5H,3-4,11H2,1-2H3. The largest absolute Gasteiger partial charge is 0.465 e. The molecule has 0 aromatic carbocycles. The van der Waals surface area contributed by atoms with Gasteiger partial charge in [0.15, 0.2) is 0 Å². The van der Waals surface area contributed by atoms with Crippen molar-refractivity contribution in [2.45, 2.75) is 23.0 Å². The van der Waals surface area contributed by atoms with E-state index in [-0.39, 0.29) is 5.97 Å². The van der Waals surface area contributed by atoms with Crippen LogP contribution in [0.15, 0.2) is 4.21 Å². The van der Waals surface area contributed by atoms with Crippen LogP contribution in [0, 0.1) is 0 Å². The number of anilines is 1. The molecule has 0 aliphatic heterocycles. The highest BCUT2D eigenvalue weighted by molar-refractivity contribution is 8.00. The third kappa shape index (κ3) is 1.86. The van der Waals surface area contributed by atoms with Crippen LogP contribution in [0.4, 0.5) is 5.69 Å². The Kier molecular flexibility index (Phi) is 2.93. The number of ether oxygens (including phenoxy) is 1. The number of nitrogen functional groups attached to an aromatic ring is 1. The first-order valence-corrected chi connectivity index (χ1v) is 6.77. The van der Waals surface area contributed by atoms with Gasteiger partial charge >= 0.3 is 5.97 Å². The second kappa shape index (κ2) is 4.06. The molecule has 0 bridgehead atoms. The number of rotatable bonds is 3. The number of hydrogen-bond acceptors (Lipinski definition) is 5. The Morgan fingerprint density at radius 2 is 2.27 bits per heavy atom. The smallest absolute Gasteiger partial charge is 0.350 e. The Bertz CT molecular complexity index is 396. The van der Waals surface area contributed by atoms with Gasteiger partial charge in [0.05, 0.1) is 17.0 Å². The molecule has 2 rings (SSSR count). The van der Waals surface area contributed by atoms with E-state index in [4.69, 9.17) is 10.5 Å². The summed E-state index contributed by atoms with van der Waals surface area (Å²) in [6.07, 6.45) is 4.39. The third-order valence-corrected chi connectivity index (χ3v) is 4.83. The zero-order valence-electron chi connectivity index (χ0n) is 8.70. The van der Waals surface area contributed by atoms with Crippen molar-refractivity contribution in [2.75, 3.05) is 19.1 Å². The number of hydrogen-bond donors (Lipinski definition) is 1. The number of carbonyl (C=O) groups is 1. The quantitative estimate of drug-likeness (QED) is 0.655. The zero-order valence-corrected chi connectivity index (χ0v) is 10.3. The molecule has 0 atom stereocenters. The van der Waals surface area contributed by atoms with Crippen molar-refractivity contribution in [3.05, 3.63) is 10.4 Å². The topological polar surface area (TPSA) is 52.3 Å². The van der Waals surface area contributed by atoms with Crippen LogP contribution in [0.25, 0.3) is 0 Å². The van der Waals surface area contributed by atoms with Crippen LogP contribution < -0.4 is 5.73 Å². The molecule has 0 unspecified atom stereocenters. The lowest BCUT2D eigenvalue weighted by Crippen LogP contribution is -2.02. The van der Waals surface area contributed by atoms with Gasteiger partial charge in [0, 0.05) is 5.56 Å². The summed E-state index contributed by atoms with van der Waals surface area (Å²) >= 11 is 3.11. The molecule has 2 N–H and O–H groups in total. The van der Waals surface area contributed by atoms with Gasteiger partial charge < -0.3 is 10.5 Å². The zero-order chi connectivity index (χ0) is 11.0. The van der Waals surface area contributed by atoms with Crippen LogP contribution in [0.5, 0.6) is 0 Å². The molecule has 0 spiro atoms. The monoisotopic (exact) mass is 243 g/mol. The Labute approximate surface area is 97.0 Å². The normalized spacial score (nSPS) is 15.3. The highest BCUT2D eigenvalue weighted by atomic mass is 32.2. The van der Waals surface area contributed by atoms with Crippen molar-refractivity contribution in [1.82, 2.24) is 0 Å². The van der Waals surface area contributed by atoms with Crippen LogP contribution in [-0.2, 0) is 4.74 Å². The molecule has 82 valence electrons.